The molecule has 2 rings (SSSR count). The molecule has 2 atom stereocenters. The van der Waals surface area contributed by atoms with Gasteiger partial charge < -0.3 is 15.1 Å². The Hall–Kier alpha value is -0.910. The van der Waals surface area contributed by atoms with Crippen molar-refractivity contribution < 1.29 is 10.2 Å². The SMILES string of the molecule is CCc1nc(Cl)cc(N2CC(O)C(O)C2)n1. The highest BCUT2D eigenvalue weighted by molar-refractivity contribution is 6.29. The van der Waals surface area contributed by atoms with Crippen LogP contribution in [-0.4, -0.2) is 45.5 Å². The summed E-state index contributed by atoms with van der Waals surface area (Å²) in [7, 11) is 0. The summed E-state index contributed by atoms with van der Waals surface area (Å²) in [4.78, 5) is 10.2. The lowest BCUT2D eigenvalue weighted by Gasteiger charge is -2.16. The zero-order valence-corrected chi connectivity index (χ0v) is 9.72. The van der Waals surface area contributed by atoms with Gasteiger partial charge in [-0.05, 0) is 0 Å². The summed E-state index contributed by atoms with van der Waals surface area (Å²) >= 11 is 5.88. The maximum Gasteiger partial charge on any atom is 0.134 e. The number of hydrogen-bond donors (Lipinski definition) is 2. The molecule has 1 aromatic heterocycles. The Kier molecular flexibility index (Phi) is 3.28. The van der Waals surface area contributed by atoms with Crippen molar-refractivity contribution in [3.8, 4) is 0 Å². The van der Waals surface area contributed by atoms with Crippen LogP contribution in [0.15, 0.2) is 6.07 Å². The van der Waals surface area contributed by atoms with E-state index in [-0.39, 0.29) is 0 Å². The van der Waals surface area contributed by atoms with E-state index in [1.807, 2.05) is 11.8 Å². The van der Waals surface area contributed by atoms with Crippen molar-refractivity contribution in [2.24, 2.45) is 0 Å². The molecule has 0 radical (unpaired) electrons. The first kappa shape index (κ1) is 11.6. The van der Waals surface area contributed by atoms with E-state index in [2.05, 4.69) is 9.97 Å². The van der Waals surface area contributed by atoms with E-state index in [1.165, 1.54) is 0 Å². The minimum absolute atomic E-state index is 0.373. The van der Waals surface area contributed by atoms with E-state index in [0.717, 1.165) is 0 Å². The van der Waals surface area contributed by atoms with Crippen molar-refractivity contribution in [1.82, 2.24) is 9.97 Å². The van der Waals surface area contributed by atoms with Crippen LogP contribution in [0.5, 0.6) is 0 Å². The average molecular weight is 244 g/mol. The molecule has 0 amide bonds. The van der Waals surface area contributed by atoms with Gasteiger partial charge in [0.15, 0.2) is 0 Å². The van der Waals surface area contributed by atoms with Crippen LogP contribution in [-0.2, 0) is 6.42 Å². The lowest BCUT2D eigenvalue weighted by molar-refractivity contribution is 0.0572. The standard InChI is InChI=1S/C10H14ClN3O2/c1-2-9-12-8(11)3-10(13-9)14-4-6(15)7(16)5-14/h3,6-7,15-16H,2,4-5H2,1H3. The van der Waals surface area contributed by atoms with Gasteiger partial charge in [0.05, 0.1) is 12.2 Å². The smallest absolute Gasteiger partial charge is 0.134 e. The molecule has 16 heavy (non-hydrogen) atoms. The van der Waals surface area contributed by atoms with Gasteiger partial charge in [0.1, 0.15) is 16.8 Å². The molecule has 0 spiro atoms. The van der Waals surface area contributed by atoms with E-state index in [9.17, 15) is 10.2 Å². The Bertz CT molecular complexity index is 378. The van der Waals surface area contributed by atoms with E-state index in [1.54, 1.807) is 6.07 Å². The summed E-state index contributed by atoms with van der Waals surface area (Å²) in [6.45, 7) is 2.69. The number of aryl methyl sites for hydroxylation is 1. The maximum absolute atomic E-state index is 9.46. The highest BCUT2D eigenvalue weighted by Gasteiger charge is 2.30. The molecule has 1 aliphatic rings. The average Bonchev–Trinajstić information content (AvgIpc) is 2.58. The van der Waals surface area contributed by atoms with Crippen LogP contribution in [0, 0.1) is 0 Å². The fourth-order valence-electron chi connectivity index (χ4n) is 1.73. The van der Waals surface area contributed by atoms with Gasteiger partial charge in [-0.15, -0.1) is 0 Å². The fraction of sp³-hybridized carbons (Fsp3) is 0.600. The molecule has 1 fully saturated rings. The fourth-order valence-corrected chi connectivity index (χ4v) is 1.92. The zero-order chi connectivity index (χ0) is 11.7. The molecule has 1 aliphatic heterocycles. The van der Waals surface area contributed by atoms with E-state index in [0.29, 0.717) is 36.3 Å². The predicted molar refractivity (Wildman–Crippen MR) is 60.6 cm³/mol. The van der Waals surface area contributed by atoms with Crippen molar-refractivity contribution >= 4 is 17.4 Å². The lowest BCUT2D eigenvalue weighted by atomic mass is 10.3. The topological polar surface area (TPSA) is 69.5 Å². The number of hydrogen-bond acceptors (Lipinski definition) is 5. The summed E-state index contributed by atoms with van der Waals surface area (Å²) in [5.41, 5.74) is 0. The van der Waals surface area contributed by atoms with Crippen LogP contribution in [0.1, 0.15) is 12.7 Å². The number of rotatable bonds is 2. The number of anilines is 1. The Morgan fingerprint density at radius 1 is 1.38 bits per heavy atom. The molecular formula is C10H14ClN3O2. The second-order valence-corrected chi connectivity index (χ2v) is 4.25. The molecule has 2 heterocycles. The highest BCUT2D eigenvalue weighted by atomic mass is 35.5. The van der Waals surface area contributed by atoms with Gasteiger partial charge in [0.25, 0.3) is 0 Å². The molecular weight excluding hydrogens is 230 g/mol. The summed E-state index contributed by atoms with van der Waals surface area (Å²) < 4.78 is 0. The quantitative estimate of drug-likeness (QED) is 0.728. The van der Waals surface area contributed by atoms with Crippen molar-refractivity contribution in [2.75, 3.05) is 18.0 Å². The van der Waals surface area contributed by atoms with E-state index >= 15 is 0 Å². The normalized spacial score (nSPS) is 25.1. The monoisotopic (exact) mass is 243 g/mol. The Balaban J connectivity index is 2.24. The van der Waals surface area contributed by atoms with Gasteiger partial charge in [0, 0.05) is 25.6 Å². The van der Waals surface area contributed by atoms with Crippen molar-refractivity contribution in [3.63, 3.8) is 0 Å². The van der Waals surface area contributed by atoms with Gasteiger partial charge in [-0.2, -0.15) is 0 Å². The molecule has 1 saturated heterocycles. The number of aromatic nitrogens is 2. The van der Waals surface area contributed by atoms with Gasteiger partial charge in [0.2, 0.25) is 0 Å². The van der Waals surface area contributed by atoms with Gasteiger partial charge in [-0.3, -0.25) is 0 Å². The first-order chi connectivity index (χ1) is 7.60. The van der Waals surface area contributed by atoms with Gasteiger partial charge in [-0.1, -0.05) is 18.5 Å². The van der Waals surface area contributed by atoms with Crippen LogP contribution >= 0.6 is 11.6 Å². The first-order valence-electron chi connectivity index (χ1n) is 5.24. The predicted octanol–water partition coefficient (Wildman–Crippen LogP) is 0.234. The first-order valence-corrected chi connectivity index (χ1v) is 5.62. The minimum Gasteiger partial charge on any atom is -0.389 e. The van der Waals surface area contributed by atoms with Crippen LogP contribution in [0.2, 0.25) is 5.15 Å². The van der Waals surface area contributed by atoms with Crippen molar-refractivity contribution in [3.05, 3.63) is 17.0 Å². The summed E-state index contributed by atoms with van der Waals surface area (Å²) in [5, 5.41) is 19.3. The Morgan fingerprint density at radius 2 is 2.00 bits per heavy atom. The largest absolute Gasteiger partial charge is 0.389 e. The van der Waals surface area contributed by atoms with Crippen LogP contribution in [0.3, 0.4) is 0 Å². The minimum atomic E-state index is -0.723. The van der Waals surface area contributed by atoms with Crippen LogP contribution in [0.25, 0.3) is 0 Å². The molecule has 0 aromatic carbocycles. The molecule has 2 N–H and O–H groups in total. The molecule has 0 bridgehead atoms. The summed E-state index contributed by atoms with van der Waals surface area (Å²) in [5.74, 6) is 1.32. The van der Waals surface area contributed by atoms with E-state index < -0.39 is 12.2 Å². The molecule has 5 nitrogen and oxygen atoms in total. The third-order valence-corrected chi connectivity index (χ3v) is 2.82. The third kappa shape index (κ3) is 2.26. The lowest BCUT2D eigenvalue weighted by Crippen LogP contribution is -2.22. The van der Waals surface area contributed by atoms with Gasteiger partial charge in [-0.25, -0.2) is 9.97 Å². The van der Waals surface area contributed by atoms with E-state index in [4.69, 9.17) is 11.6 Å². The number of halogens is 1. The molecule has 0 saturated carbocycles. The maximum atomic E-state index is 9.46. The molecule has 0 aliphatic carbocycles. The number of aliphatic hydroxyl groups is 2. The molecule has 6 heteroatoms. The van der Waals surface area contributed by atoms with Crippen molar-refractivity contribution in [2.45, 2.75) is 25.6 Å². The second-order valence-electron chi connectivity index (χ2n) is 3.86. The van der Waals surface area contributed by atoms with Crippen molar-refractivity contribution in [1.29, 1.82) is 0 Å². The summed E-state index contributed by atoms with van der Waals surface area (Å²) in [6.07, 6.45) is -0.746. The summed E-state index contributed by atoms with van der Waals surface area (Å²) in [6, 6.07) is 1.64. The van der Waals surface area contributed by atoms with Gasteiger partial charge >= 0.3 is 0 Å². The van der Waals surface area contributed by atoms with Crippen LogP contribution < -0.4 is 4.90 Å². The highest BCUT2D eigenvalue weighted by Crippen LogP contribution is 2.21. The Labute approximate surface area is 98.7 Å². The Morgan fingerprint density at radius 3 is 2.56 bits per heavy atom. The number of aliphatic hydroxyl groups excluding tert-OH is 2. The van der Waals surface area contributed by atoms with Crippen LogP contribution in [0.4, 0.5) is 5.82 Å². The zero-order valence-electron chi connectivity index (χ0n) is 8.97. The molecule has 2 unspecified atom stereocenters. The number of nitrogens with zero attached hydrogens (tertiary/aromatic N) is 3. The molecule has 1 aromatic rings. The third-order valence-electron chi connectivity index (χ3n) is 2.63. The second kappa shape index (κ2) is 4.53. The molecule has 88 valence electrons. The number of β-amino-alcohol motifs (C(OH)–C–C–N with tert-alkyl or cyclic N) is 2.